The van der Waals surface area contributed by atoms with Crippen LogP contribution in [0.5, 0.6) is 5.75 Å². The van der Waals surface area contributed by atoms with Crippen molar-refractivity contribution in [1.29, 1.82) is 0 Å². The standard InChI is InChI=1S/C28H29N3O3/c1-18-27(14-19-9-10-24-21(13-19)15-22(17-30)33-24)34-26-8-2-7-25(28(18)26)32-12-4-6-23-20(16-29)5-3-11-31-23/h2-3,5,7-11,13,15H,4,6,12,14,16-17,29-30H2,1H3. The number of hydrogen-bond acceptors (Lipinski definition) is 6. The normalized spacial score (nSPS) is 11.5. The second kappa shape index (κ2) is 9.71. The number of hydrogen-bond donors (Lipinski definition) is 2. The van der Waals surface area contributed by atoms with Crippen molar-refractivity contribution in [3.8, 4) is 5.75 Å². The number of nitrogens with zero attached hydrogens (tertiary/aromatic N) is 1. The van der Waals surface area contributed by atoms with E-state index in [1.54, 1.807) is 0 Å². The van der Waals surface area contributed by atoms with E-state index in [1.807, 2.05) is 48.7 Å². The van der Waals surface area contributed by atoms with Crippen molar-refractivity contribution in [2.24, 2.45) is 11.5 Å². The summed E-state index contributed by atoms with van der Waals surface area (Å²) in [6, 6.07) is 18.1. The Morgan fingerprint density at radius 2 is 1.85 bits per heavy atom. The van der Waals surface area contributed by atoms with E-state index in [0.29, 0.717) is 26.1 Å². The molecule has 2 aromatic carbocycles. The molecule has 174 valence electrons. The van der Waals surface area contributed by atoms with Gasteiger partial charge in [-0.15, -0.1) is 0 Å². The lowest BCUT2D eigenvalue weighted by Crippen LogP contribution is -2.06. The van der Waals surface area contributed by atoms with E-state index < -0.39 is 0 Å². The Kier molecular flexibility index (Phi) is 6.34. The van der Waals surface area contributed by atoms with Gasteiger partial charge < -0.3 is 25.0 Å². The van der Waals surface area contributed by atoms with Crippen LogP contribution in [0.3, 0.4) is 0 Å². The van der Waals surface area contributed by atoms with Gasteiger partial charge in [0, 0.05) is 35.8 Å². The van der Waals surface area contributed by atoms with Crippen molar-refractivity contribution in [2.75, 3.05) is 6.61 Å². The number of furan rings is 2. The highest BCUT2D eigenvalue weighted by atomic mass is 16.5. The Morgan fingerprint density at radius 3 is 2.71 bits per heavy atom. The Morgan fingerprint density at radius 1 is 0.941 bits per heavy atom. The van der Waals surface area contributed by atoms with Crippen molar-refractivity contribution >= 4 is 21.9 Å². The molecule has 5 rings (SSSR count). The van der Waals surface area contributed by atoms with Crippen LogP contribution in [-0.2, 0) is 25.9 Å². The van der Waals surface area contributed by atoms with Crippen LogP contribution in [-0.4, -0.2) is 11.6 Å². The fourth-order valence-corrected chi connectivity index (χ4v) is 4.45. The molecular formula is C28H29N3O3. The molecule has 0 saturated carbocycles. The molecular weight excluding hydrogens is 426 g/mol. The topological polar surface area (TPSA) is 100 Å². The molecule has 0 atom stereocenters. The lowest BCUT2D eigenvalue weighted by molar-refractivity contribution is 0.314. The molecule has 3 aromatic heterocycles. The molecule has 0 fully saturated rings. The predicted molar refractivity (Wildman–Crippen MR) is 134 cm³/mol. The summed E-state index contributed by atoms with van der Waals surface area (Å²) in [4.78, 5) is 4.46. The zero-order valence-corrected chi connectivity index (χ0v) is 19.3. The van der Waals surface area contributed by atoms with Gasteiger partial charge in [0.25, 0.3) is 0 Å². The van der Waals surface area contributed by atoms with E-state index >= 15 is 0 Å². The smallest absolute Gasteiger partial charge is 0.138 e. The van der Waals surface area contributed by atoms with E-state index in [1.165, 1.54) is 0 Å². The van der Waals surface area contributed by atoms with Crippen LogP contribution in [0.15, 0.2) is 69.6 Å². The molecule has 34 heavy (non-hydrogen) atoms. The van der Waals surface area contributed by atoms with Gasteiger partial charge in [0.15, 0.2) is 0 Å². The maximum Gasteiger partial charge on any atom is 0.138 e. The van der Waals surface area contributed by atoms with E-state index in [4.69, 9.17) is 25.0 Å². The lowest BCUT2D eigenvalue weighted by Gasteiger charge is -2.09. The average Bonchev–Trinajstić information content (AvgIpc) is 3.42. The van der Waals surface area contributed by atoms with Crippen LogP contribution in [0.2, 0.25) is 0 Å². The Balaban J connectivity index is 1.31. The Labute approximate surface area is 198 Å². The molecule has 0 aliphatic carbocycles. The van der Waals surface area contributed by atoms with Crippen molar-refractivity contribution in [2.45, 2.75) is 39.3 Å². The van der Waals surface area contributed by atoms with Gasteiger partial charge in [0.1, 0.15) is 28.4 Å². The number of nitrogens with two attached hydrogens (primary N) is 2. The molecule has 0 saturated heterocycles. The number of pyridine rings is 1. The number of aromatic nitrogens is 1. The zero-order valence-electron chi connectivity index (χ0n) is 19.3. The van der Waals surface area contributed by atoms with Crippen molar-refractivity contribution < 1.29 is 13.6 Å². The second-order valence-electron chi connectivity index (χ2n) is 8.51. The Hall–Kier alpha value is -3.61. The molecule has 0 aliphatic rings. The summed E-state index contributed by atoms with van der Waals surface area (Å²) < 4.78 is 18.2. The fourth-order valence-electron chi connectivity index (χ4n) is 4.45. The molecule has 0 radical (unpaired) electrons. The summed E-state index contributed by atoms with van der Waals surface area (Å²) in [5.74, 6) is 2.58. The molecule has 6 heteroatoms. The maximum absolute atomic E-state index is 6.24. The van der Waals surface area contributed by atoms with E-state index in [2.05, 4.69) is 24.0 Å². The van der Waals surface area contributed by atoms with Gasteiger partial charge in [0.05, 0.1) is 18.5 Å². The molecule has 4 N–H and O–H groups in total. The first kappa shape index (κ1) is 22.2. The second-order valence-corrected chi connectivity index (χ2v) is 8.51. The quantitative estimate of drug-likeness (QED) is 0.289. The van der Waals surface area contributed by atoms with Crippen molar-refractivity contribution in [3.63, 3.8) is 0 Å². The highest BCUT2D eigenvalue weighted by Crippen LogP contribution is 2.34. The lowest BCUT2D eigenvalue weighted by atomic mass is 10.0. The third kappa shape index (κ3) is 4.42. The van der Waals surface area contributed by atoms with Crippen LogP contribution >= 0.6 is 0 Å². The molecule has 5 aromatic rings. The van der Waals surface area contributed by atoms with Crippen LogP contribution in [0, 0.1) is 6.92 Å². The first-order chi connectivity index (χ1) is 16.7. The van der Waals surface area contributed by atoms with Crippen molar-refractivity contribution in [3.05, 3.63) is 94.7 Å². The van der Waals surface area contributed by atoms with Gasteiger partial charge in [-0.25, -0.2) is 0 Å². The average molecular weight is 456 g/mol. The molecule has 0 amide bonds. The van der Waals surface area contributed by atoms with E-state index in [-0.39, 0.29) is 0 Å². The highest BCUT2D eigenvalue weighted by Gasteiger charge is 2.16. The third-order valence-corrected chi connectivity index (χ3v) is 6.23. The number of rotatable bonds is 9. The monoisotopic (exact) mass is 455 g/mol. The minimum absolute atomic E-state index is 0.394. The number of fused-ring (bicyclic) bond motifs is 2. The third-order valence-electron chi connectivity index (χ3n) is 6.23. The summed E-state index contributed by atoms with van der Waals surface area (Å²) in [6.07, 6.45) is 4.20. The first-order valence-electron chi connectivity index (χ1n) is 11.6. The minimum atomic E-state index is 0.394. The number of ether oxygens (including phenoxy) is 1. The van der Waals surface area contributed by atoms with Crippen LogP contribution in [0.1, 0.15) is 40.3 Å². The van der Waals surface area contributed by atoms with Gasteiger partial charge >= 0.3 is 0 Å². The SMILES string of the molecule is Cc1c(Cc2ccc3oc(CN)cc3c2)oc2cccc(OCCCc3ncccc3CN)c12. The molecule has 0 spiro atoms. The zero-order chi connectivity index (χ0) is 23.5. The summed E-state index contributed by atoms with van der Waals surface area (Å²) in [5.41, 5.74) is 17.6. The molecule has 3 heterocycles. The molecule has 0 aliphatic heterocycles. The van der Waals surface area contributed by atoms with Crippen molar-refractivity contribution in [1.82, 2.24) is 4.98 Å². The molecule has 0 unspecified atom stereocenters. The summed E-state index contributed by atoms with van der Waals surface area (Å²) in [7, 11) is 0. The predicted octanol–water partition coefficient (Wildman–Crippen LogP) is 5.40. The largest absolute Gasteiger partial charge is 0.493 e. The minimum Gasteiger partial charge on any atom is -0.493 e. The fraction of sp³-hybridized carbons (Fsp3) is 0.250. The molecule has 0 bridgehead atoms. The van der Waals surface area contributed by atoms with Gasteiger partial charge in [-0.05, 0) is 67.3 Å². The van der Waals surface area contributed by atoms with Gasteiger partial charge in [0.2, 0.25) is 0 Å². The van der Waals surface area contributed by atoms with E-state index in [0.717, 1.165) is 74.4 Å². The maximum atomic E-state index is 6.24. The van der Waals surface area contributed by atoms with Crippen LogP contribution in [0.4, 0.5) is 0 Å². The number of benzene rings is 2. The summed E-state index contributed by atoms with van der Waals surface area (Å²) >= 11 is 0. The van der Waals surface area contributed by atoms with Crippen LogP contribution in [0.25, 0.3) is 21.9 Å². The van der Waals surface area contributed by atoms with Gasteiger partial charge in [-0.1, -0.05) is 18.2 Å². The number of aryl methyl sites for hydroxylation is 2. The first-order valence-corrected chi connectivity index (χ1v) is 11.6. The molecule has 6 nitrogen and oxygen atoms in total. The summed E-state index contributed by atoms with van der Waals surface area (Å²) in [5, 5.41) is 2.09. The van der Waals surface area contributed by atoms with E-state index in [9.17, 15) is 0 Å². The highest BCUT2D eigenvalue weighted by molar-refractivity contribution is 5.88. The Bertz CT molecular complexity index is 1430. The van der Waals surface area contributed by atoms with Gasteiger partial charge in [-0.2, -0.15) is 0 Å². The van der Waals surface area contributed by atoms with Crippen LogP contribution < -0.4 is 16.2 Å². The van der Waals surface area contributed by atoms with Gasteiger partial charge in [-0.3, -0.25) is 4.98 Å². The summed E-state index contributed by atoms with van der Waals surface area (Å²) in [6.45, 7) is 3.59.